The molecule has 0 aromatic carbocycles. The van der Waals surface area contributed by atoms with Crippen molar-refractivity contribution in [3.8, 4) is 0 Å². The molecule has 0 saturated carbocycles. The molecule has 0 amide bonds. The van der Waals surface area contributed by atoms with Crippen molar-refractivity contribution in [3.63, 3.8) is 0 Å². The molecule has 1 rings (SSSR count). The van der Waals surface area contributed by atoms with Crippen molar-refractivity contribution in [2.75, 3.05) is 6.61 Å². The summed E-state index contributed by atoms with van der Waals surface area (Å²) >= 11 is 3.74. The Labute approximate surface area is 83.1 Å². The number of nitrogens with zero attached hydrogens (tertiary/aromatic N) is 1. The van der Waals surface area contributed by atoms with E-state index in [2.05, 4.69) is 24.5 Å². The van der Waals surface area contributed by atoms with Crippen molar-refractivity contribution >= 4 is 19.3 Å². The highest BCUT2D eigenvalue weighted by molar-refractivity contribution is 7.75. The predicted molar refractivity (Wildman–Crippen MR) is 55.5 cm³/mol. The summed E-state index contributed by atoms with van der Waals surface area (Å²) in [4.78, 5) is 4.01. The summed E-state index contributed by atoms with van der Waals surface area (Å²) in [6.45, 7) is 5.95. The first-order valence-electron chi connectivity index (χ1n) is 3.81. The molecule has 0 N–H and O–H groups in total. The number of hydrogen-bond acceptors (Lipinski definition) is 4. The molecular formula is C9H11NO2S. The average Bonchev–Trinajstić information content (AvgIpc) is 2.20. The minimum atomic E-state index is 0.436. The fourth-order valence-corrected chi connectivity index (χ4v) is 1.24. The molecule has 0 unspecified atom stereocenters. The van der Waals surface area contributed by atoms with E-state index in [0.717, 1.165) is 11.3 Å². The van der Waals surface area contributed by atoms with Gasteiger partial charge in [0.15, 0.2) is 6.40 Å². The molecule has 0 bridgehead atoms. The van der Waals surface area contributed by atoms with Gasteiger partial charge >= 0.3 is 0 Å². The van der Waals surface area contributed by atoms with E-state index < -0.39 is 0 Å². The van der Waals surface area contributed by atoms with E-state index in [1.54, 1.807) is 12.2 Å². The second-order valence-electron chi connectivity index (χ2n) is 2.36. The van der Waals surface area contributed by atoms with E-state index in [1.165, 1.54) is 6.40 Å². The zero-order valence-electron chi connectivity index (χ0n) is 7.36. The lowest BCUT2D eigenvalue weighted by atomic mass is 10.1. The Kier molecular flexibility index (Phi) is 3.64. The lowest BCUT2D eigenvalue weighted by molar-refractivity contribution is 0.338. The molecular weight excluding hydrogens is 186 g/mol. The van der Waals surface area contributed by atoms with Gasteiger partial charge in [-0.1, -0.05) is 6.58 Å². The molecule has 0 spiro atoms. The van der Waals surface area contributed by atoms with Crippen LogP contribution in [0.1, 0.15) is 6.92 Å². The molecule has 1 aliphatic rings. The van der Waals surface area contributed by atoms with Crippen LogP contribution in [0.4, 0.5) is 0 Å². The molecule has 3 nitrogen and oxygen atoms in total. The topological polar surface area (TPSA) is 30.8 Å². The van der Waals surface area contributed by atoms with Gasteiger partial charge in [0.2, 0.25) is 0 Å². The van der Waals surface area contributed by atoms with Gasteiger partial charge in [0, 0.05) is 12.9 Å². The predicted octanol–water partition coefficient (Wildman–Crippen LogP) is 2.25. The maximum Gasteiger partial charge on any atom is 0.175 e. The summed E-state index contributed by atoms with van der Waals surface area (Å²) in [5, 5.41) is 0. The summed E-state index contributed by atoms with van der Waals surface area (Å²) in [6.07, 6.45) is 4.85. The third kappa shape index (κ3) is 2.15. The maximum absolute atomic E-state index is 5.05. The van der Waals surface area contributed by atoms with Gasteiger partial charge in [0.1, 0.15) is 12.4 Å². The Morgan fingerprint density at radius 1 is 1.85 bits per heavy atom. The number of ether oxygens (including phenoxy) is 1. The minimum absolute atomic E-state index is 0.436. The third-order valence-corrected chi connectivity index (χ3v) is 1.85. The molecule has 4 heteroatoms. The normalized spacial score (nSPS) is 16.9. The van der Waals surface area contributed by atoms with Gasteiger partial charge in [-0.25, -0.2) is 4.99 Å². The summed E-state index contributed by atoms with van der Waals surface area (Å²) < 4.78 is 9.91. The molecule has 70 valence electrons. The highest BCUT2D eigenvalue weighted by Crippen LogP contribution is 2.21. The Morgan fingerprint density at radius 2 is 2.62 bits per heavy atom. The van der Waals surface area contributed by atoms with Crippen LogP contribution in [0.2, 0.25) is 0 Å². The first-order chi connectivity index (χ1) is 6.33. The smallest absolute Gasteiger partial charge is 0.175 e. The monoisotopic (exact) mass is 197 g/mol. The molecule has 1 aliphatic heterocycles. The Bertz CT molecular complexity index is 292. The summed E-state index contributed by atoms with van der Waals surface area (Å²) in [6, 6.07) is 0. The number of hydrogen-bond donors (Lipinski definition) is 1. The van der Waals surface area contributed by atoms with E-state index in [9.17, 15) is 0 Å². The van der Waals surface area contributed by atoms with E-state index in [4.69, 9.17) is 8.92 Å². The van der Waals surface area contributed by atoms with Crippen LogP contribution in [0.5, 0.6) is 0 Å². The first kappa shape index (κ1) is 9.92. The number of allylic oxidation sites excluding steroid dienone is 2. The SMILES string of the molecule is C=CC1=C(C(=CC)OS)COC=N1. The second-order valence-corrected chi connectivity index (χ2v) is 2.54. The van der Waals surface area contributed by atoms with Crippen molar-refractivity contribution < 1.29 is 8.92 Å². The van der Waals surface area contributed by atoms with Gasteiger partial charge < -0.3 is 8.92 Å². The van der Waals surface area contributed by atoms with Gasteiger partial charge in [-0.2, -0.15) is 0 Å². The third-order valence-electron chi connectivity index (χ3n) is 1.65. The van der Waals surface area contributed by atoms with Crippen LogP contribution in [-0.4, -0.2) is 13.0 Å². The van der Waals surface area contributed by atoms with Crippen LogP contribution in [-0.2, 0) is 8.92 Å². The van der Waals surface area contributed by atoms with E-state index in [1.807, 2.05) is 6.92 Å². The van der Waals surface area contributed by atoms with E-state index in [-0.39, 0.29) is 0 Å². The molecule has 13 heavy (non-hydrogen) atoms. The number of aliphatic imine (C=N–C) groups is 1. The first-order valence-corrected chi connectivity index (χ1v) is 4.17. The highest BCUT2D eigenvalue weighted by atomic mass is 32.1. The van der Waals surface area contributed by atoms with Crippen LogP contribution in [0.15, 0.2) is 40.8 Å². The molecule has 0 fully saturated rings. The zero-order chi connectivity index (χ0) is 9.68. The fourth-order valence-electron chi connectivity index (χ4n) is 1.02. The van der Waals surface area contributed by atoms with Gasteiger partial charge in [0.25, 0.3) is 0 Å². The molecule has 0 atom stereocenters. The van der Waals surface area contributed by atoms with Crippen LogP contribution >= 0.6 is 12.9 Å². The van der Waals surface area contributed by atoms with Crippen LogP contribution in [0, 0.1) is 0 Å². The van der Waals surface area contributed by atoms with Crippen LogP contribution in [0.3, 0.4) is 0 Å². The van der Waals surface area contributed by atoms with E-state index >= 15 is 0 Å². The molecule has 0 aromatic rings. The zero-order valence-corrected chi connectivity index (χ0v) is 8.25. The van der Waals surface area contributed by atoms with Crippen molar-refractivity contribution in [1.29, 1.82) is 0 Å². The van der Waals surface area contributed by atoms with E-state index in [0.29, 0.717) is 12.4 Å². The quantitative estimate of drug-likeness (QED) is 0.427. The van der Waals surface area contributed by atoms with Crippen LogP contribution < -0.4 is 0 Å². The molecule has 0 aliphatic carbocycles. The highest BCUT2D eigenvalue weighted by Gasteiger charge is 2.13. The van der Waals surface area contributed by atoms with Gasteiger partial charge in [-0.3, -0.25) is 0 Å². The van der Waals surface area contributed by atoms with Gasteiger partial charge in [0.05, 0.1) is 11.3 Å². The summed E-state index contributed by atoms with van der Waals surface area (Å²) in [5.41, 5.74) is 1.61. The largest absolute Gasteiger partial charge is 0.478 e. The van der Waals surface area contributed by atoms with Crippen molar-refractivity contribution in [1.82, 2.24) is 0 Å². The lowest BCUT2D eigenvalue weighted by Crippen LogP contribution is -2.07. The Balaban J connectivity index is 3.04. The maximum atomic E-state index is 5.05. The number of thiol groups is 1. The molecule has 0 aromatic heterocycles. The average molecular weight is 197 g/mol. The van der Waals surface area contributed by atoms with Crippen molar-refractivity contribution in [2.24, 2.45) is 4.99 Å². The standard InChI is InChI=1S/C9H11NO2S/c1-3-8-7(5-11-6-10-8)9(4-2)12-13/h3-4,6,13H,1,5H2,2H3. The molecule has 0 radical (unpaired) electrons. The fraction of sp³-hybridized carbons (Fsp3) is 0.222. The van der Waals surface area contributed by atoms with Crippen molar-refractivity contribution in [3.05, 3.63) is 35.8 Å². The molecule has 0 saturated heterocycles. The summed E-state index contributed by atoms with van der Waals surface area (Å²) in [7, 11) is 0. The van der Waals surface area contributed by atoms with Gasteiger partial charge in [-0.05, 0) is 19.1 Å². The van der Waals surface area contributed by atoms with Crippen LogP contribution in [0.25, 0.3) is 0 Å². The van der Waals surface area contributed by atoms with Gasteiger partial charge in [-0.15, -0.1) is 0 Å². The summed E-state index contributed by atoms with van der Waals surface area (Å²) in [5.74, 6) is 0.648. The second kappa shape index (κ2) is 4.77. The molecule has 1 heterocycles. The Morgan fingerprint density at radius 3 is 3.15 bits per heavy atom. The number of rotatable bonds is 3. The van der Waals surface area contributed by atoms with Crippen molar-refractivity contribution in [2.45, 2.75) is 6.92 Å². The minimum Gasteiger partial charge on any atom is -0.478 e. The Hall–Kier alpha value is -1.16. The lowest BCUT2D eigenvalue weighted by Gasteiger charge is -2.14.